The highest BCUT2D eigenvalue weighted by Gasteiger charge is 2.29. The molecule has 1 unspecified atom stereocenters. The van der Waals surface area contributed by atoms with Gasteiger partial charge in [0.15, 0.2) is 0 Å². The second-order valence-electron chi connectivity index (χ2n) is 7.83. The zero-order chi connectivity index (χ0) is 20.1. The molecule has 2 aromatic heterocycles. The van der Waals surface area contributed by atoms with E-state index in [0.29, 0.717) is 31.7 Å². The molecule has 2 aromatic rings. The predicted molar refractivity (Wildman–Crippen MR) is 111 cm³/mol. The molecule has 1 N–H and O–H groups in total. The van der Waals surface area contributed by atoms with Gasteiger partial charge in [-0.2, -0.15) is 0 Å². The number of carbonyl (C=O) groups is 1. The fraction of sp³-hybridized carbons (Fsp3) is 0.571. The summed E-state index contributed by atoms with van der Waals surface area (Å²) in [5, 5.41) is 11.2. The number of carboxylic acid groups (broad SMARTS) is 1. The fourth-order valence-electron chi connectivity index (χ4n) is 4.50. The van der Waals surface area contributed by atoms with Crippen LogP contribution >= 0.6 is 11.3 Å². The molecule has 0 spiro atoms. The lowest BCUT2D eigenvalue weighted by Crippen LogP contribution is -2.41. The number of likely N-dealkylation sites (tertiary alicyclic amines) is 2. The number of thiazole rings is 1. The summed E-state index contributed by atoms with van der Waals surface area (Å²) < 4.78 is 5.99. The highest BCUT2D eigenvalue weighted by atomic mass is 32.1. The summed E-state index contributed by atoms with van der Waals surface area (Å²) in [4.78, 5) is 24.1. The highest BCUT2D eigenvalue weighted by Crippen LogP contribution is 2.34. The van der Waals surface area contributed by atoms with Gasteiger partial charge in [-0.05, 0) is 57.2 Å². The van der Waals surface area contributed by atoms with E-state index in [4.69, 9.17) is 4.74 Å². The number of amides is 1. The lowest BCUT2D eigenvalue weighted by Gasteiger charge is -2.37. The standard InChI is InChI=1S/C21H28N4O3S/c26-21(27)25-9-2-3-18(7-12-25)24-10-5-16(6-11-24)19-4-1-8-22-20(19)28-13-17-14-29-15-23-17/h1,4,8,14-16,18H,2-3,5-7,9-13H2,(H,26,27). The second-order valence-corrected chi connectivity index (χ2v) is 8.55. The summed E-state index contributed by atoms with van der Waals surface area (Å²) in [7, 11) is 0. The van der Waals surface area contributed by atoms with Crippen LogP contribution < -0.4 is 4.74 Å². The zero-order valence-electron chi connectivity index (χ0n) is 16.6. The lowest BCUT2D eigenvalue weighted by atomic mass is 9.89. The van der Waals surface area contributed by atoms with Crippen molar-refractivity contribution in [1.82, 2.24) is 19.8 Å². The molecule has 1 amide bonds. The normalized spacial score (nSPS) is 21.7. The minimum Gasteiger partial charge on any atom is -0.471 e. The summed E-state index contributed by atoms with van der Waals surface area (Å²) in [6.07, 6.45) is 6.14. The molecule has 0 aromatic carbocycles. The van der Waals surface area contributed by atoms with Crippen molar-refractivity contribution in [3.8, 4) is 5.88 Å². The Morgan fingerprint density at radius 3 is 2.79 bits per heavy atom. The average molecular weight is 417 g/mol. The summed E-state index contributed by atoms with van der Waals surface area (Å²) in [6, 6.07) is 4.62. The Morgan fingerprint density at radius 2 is 2.03 bits per heavy atom. The van der Waals surface area contributed by atoms with Crippen molar-refractivity contribution in [2.24, 2.45) is 0 Å². The van der Waals surface area contributed by atoms with Crippen molar-refractivity contribution in [1.29, 1.82) is 0 Å². The van der Waals surface area contributed by atoms with E-state index in [-0.39, 0.29) is 0 Å². The van der Waals surface area contributed by atoms with Crippen LogP contribution in [-0.4, -0.2) is 63.2 Å². The van der Waals surface area contributed by atoms with E-state index in [1.807, 2.05) is 17.0 Å². The summed E-state index contributed by atoms with van der Waals surface area (Å²) in [5.41, 5.74) is 3.95. The van der Waals surface area contributed by atoms with Gasteiger partial charge < -0.3 is 19.6 Å². The molecule has 4 rings (SSSR count). The van der Waals surface area contributed by atoms with Crippen LogP contribution in [-0.2, 0) is 6.61 Å². The van der Waals surface area contributed by atoms with E-state index in [1.165, 1.54) is 5.56 Å². The summed E-state index contributed by atoms with van der Waals surface area (Å²) in [5.74, 6) is 1.18. The van der Waals surface area contributed by atoms with Gasteiger partial charge in [0.05, 0.1) is 11.2 Å². The maximum atomic E-state index is 11.2. The molecule has 0 aliphatic carbocycles. The molecule has 2 saturated heterocycles. The van der Waals surface area contributed by atoms with E-state index in [0.717, 1.165) is 56.8 Å². The van der Waals surface area contributed by atoms with Crippen molar-refractivity contribution in [3.05, 3.63) is 40.5 Å². The topological polar surface area (TPSA) is 78.8 Å². The number of rotatable bonds is 5. The van der Waals surface area contributed by atoms with Crippen LogP contribution in [0.25, 0.3) is 0 Å². The van der Waals surface area contributed by atoms with Gasteiger partial charge in [-0.25, -0.2) is 14.8 Å². The minimum absolute atomic E-state index is 0.451. The molecule has 4 heterocycles. The number of ether oxygens (including phenoxy) is 1. The van der Waals surface area contributed by atoms with Gasteiger partial charge in [0, 0.05) is 36.3 Å². The molecule has 1 atom stereocenters. The van der Waals surface area contributed by atoms with Crippen LogP contribution in [0.5, 0.6) is 5.88 Å². The Hall–Kier alpha value is -2.19. The molecule has 2 aliphatic heterocycles. The van der Waals surface area contributed by atoms with Crippen molar-refractivity contribution in [2.75, 3.05) is 26.2 Å². The molecule has 7 nitrogen and oxygen atoms in total. The Labute approximate surface area is 175 Å². The maximum absolute atomic E-state index is 11.2. The third-order valence-electron chi connectivity index (χ3n) is 6.09. The number of pyridine rings is 1. The Bertz CT molecular complexity index is 793. The number of hydrogen-bond donors (Lipinski definition) is 1. The lowest BCUT2D eigenvalue weighted by molar-refractivity contribution is 0.131. The van der Waals surface area contributed by atoms with Crippen LogP contribution in [0.1, 0.15) is 49.3 Å². The van der Waals surface area contributed by atoms with Gasteiger partial charge >= 0.3 is 6.09 Å². The molecule has 0 radical (unpaired) electrons. The number of piperidine rings is 1. The van der Waals surface area contributed by atoms with Crippen LogP contribution in [0, 0.1) is 0 Å². The Morgan fingerprint density at radius 1 is 1.17 bits per heavy atom. The smallest absolute Gasteiger partial charge is 0.407 e. The number of aromatic nitrogens is 2. The molecule has 2 fully saturated rings. The first-order chi connectivity index (χ1) is 14.2. The van der Waals surface area contributed by atoms with Gasteiger partial charge in [0.25, 0.3) is 0 Å². The van der Waals surface area contributed by atoms with Gasteiger partial charge in [-0.1, -0.05) is 6.07 Å². The van der Waals surface area contributed by atoms with E-state index in [2.05, 4.69) is 20.9 Å². The highest BCUT2D eigenvalue weighted by molar-refractivity contribution is 7.07. The SMILES string of the molecule is O=C(O)N1CCCC(N2CCC(c3cccnc3OCc3cscn3)CC2)CC1. The van der Waals surface area contributed by atoms with E-state index < -0.39 is 6.09 Å². The quantitative estimate of drug-likeness (QED) is 0.798. The van der Waals surface area contributed by atoms with E-state index in [9.17, 15) is 9.90 Å². The van der Waals surface area contributed by atoms with Gasteiger partial charge in [0.2, 0.25) is 5.88 Å². The Balaban J connectivity index is 1.33. The third-order valence-corrected chi connectivity index (χ3v) is 6.73. The monoisotopic (exact) mass is 416 g/mol. The first kappa shape index (κ1) is 20.1. The average Bonchev–Trinajstić information content (AvgIpc) is 3.14. The number of hydrogen-bond acceptors (Lipinski definition) is 6. The predicted octanol–water partition coefficient (Wildman–Crippen LogP) is 3.83. The van der Waals surface area contributed by atoms with Gasteiger partial charge in [-0.15, -0.1) is 11.3 Å². The zero-order valence-corrected chi connectivity index (χ0v) is 17.4. The second kappa shape index (κ2) is 9.54. The molecule has 156 valence electrons. The first-order valence-corrected chi connectivity index (χ1v) is 11.3. The van der Waals surface area contributed by atoms with Gasteiger partial charge in [-0.3, -0.25) is 0 Å². The molecule has 8 heteroatoms. The molecule has 29 heavy (non-hydrogen) atoms. The Kier molecular flexibility index (Phi) is 6.61. The first-order valence-electron chi connectivity index (χ1n) is 10.4. The molecule has 0 bridgehead atoms. The largest absolute Gasteiger partial charge is 0.471 e. The third kappa shape index (κ3) is 5.05. The van der Waals surface area contributed by atoms with Crippen molar-refractivity contribution < 1.29 is 14.6 Å². The van der Waals surface area contributed by atoms with Crippen molar-refractivity contribution in [2.45, 2.75) is 50.7 Å². The van der Waals surface area contributed by atoms with Crippen LogP contribution in [0.15, 0.2) is 29.2 Å². The van der Waals surface area contributed by atoms with Crippen LogP contribution in [0.2, 0.25) is 0 Å². The molecular formula is C21H28N4O3S. The van der Waals surface area contributed by atoms with Crippen molar-refractivity contribution >= 4 is 17.4 Å². The van der Waals surface area contributed by atoms with Crippen LogP contribution in [0.3, 0.4) is 0 Å². The van der Waals surface area contributed by atoms with E-state index in [1.54, 1.807) is 22.4 Å². The molecule has 2 aliphatic rings. The number of nitrogens with zero attached hydrogens (tertiary/aromatic N) is 4. The minimum atomic E-state index is -0.786. The maximum Gasteiger partial charge on any atom is 0.407 e. The van der Waals surface area contributed by atoms with Gasteiger partial charge in [0.1, 0.15) is 6.61 Å². The summed E-state index contributed by atoms with van der Waals surface area (Å²) in [6.45, 7) is 3.86. The fourth-order valence-corrected chi connectivity index (χ4v) is 5.04. The van der Waals surface area contributed by atoms with Crippen LogP contribution in [0.4, 0.5) is 4.79 Å². The molecule has 0 saturated carbocycles. The van der Waals surface area contributed by atoms with Crippen molar-refractivity contribution in [3.63, 3.8) is 0 Å². The van der Waals surface area contributed by atoms with E-state index >= 15 is 0 Å². The summed E-state index contributed by atoms with van der Waals surface area (Å²) >= 11 is 1.57. The molecular weight excluding hydrogens is 388 g/mol.